The number of nitrogens with zero attached hydrogens (tertiary/aromatic N) is 3. The maximum atomic E-state index is 14.5. The van der Waals surface area contributed by atoms with Gasteiger partial charge in [0.2, 0.25) is 5.91 Å². The number of rotatable bonds is 13. The molecule has 2 unspecified atom stereocenters. The van der Waals surface area contributed by atoms with E-state index in [1.807, 2.05) is 19.4 Å². The number of fused-ring (bicyclic) bond motifs is 1. The number of carbonyl (C=O) groups is 1. The maximum Gasteiger partial charge on any atom is 0.242 e. The molecule has 0 radical (unpaired) electrons. The smallest absolute Gasteiger partial charge is 0.242 e. The van der Waals surface area contributed by atoms with Crippen LogP contribution >= 0.6 is 0 Å². The summed E-state index contributed by atoms with van der Waals surface area (Å²) in [6.45, 7) is 13.6. The Bertz CT molecular complexity index is 1400. The van der Waals surface area contributed by atoms with Crippen molar-refractivity contribution >= 4 is 11.7 Å². The van der Waals surface area contributed by atoms with Crippen LogP contribution in [0, 0.1) is 23.0 Å². The van der Waals surface area contributed by atoms with Crippen LogP contribution in [0.25, 0.3) is 0 Å². The van der Waals surface area contributed by atoms with Gasteiger partial charge in [-0.3, -0.25) is 9.69 Å². The number of benzene rings is 2. The van der Waals surface area contributed by atoms with Crippen LogP contribution in [0.3, 0.4) is 0 Å². The second-order valence-corrected chi connectivity index (χ2v) is 14.2. The Balaban J connectivity index is 1.22. The van der Waals surface area contributed by atoms with Gasteiger partial charge in [0.15, 0.2) is 5.82 Å². The van der Waals surface area contributed by atoms with E-state index in [9.17, 15) is 13.6 Å². The fourth-order valence-corrected chi connectivity index (χ4v) is 6.87. The summed E-state index contributed by atoms with van der Waals surface area (Å²) in [5, 5.41) is 10.2. The number of aromatic nitrogens is 2. The Morgan fingerprint density at radius 1 is 1.13 bits per heavy atom. The van der Waals surface area contributed by atoms with Crippen LogP contribution in [0.5, 0.6) is 0 Å². The number of hydrogen-bond acceptors (Lipinski definition) is 5. The SMILES string of the molecule is CCCC(N[C@H]1CCc2cc(F)cc(F)c2C1)C(=O)Nc1cn(C2CN(Cc3ccccc3)C[C@H]2CCNCC(C)(C)C)cn1. The number of anilines is 1. The number of carbonyl (C=O) groups excluding carboxylic acids is 1. The highest BCUT2D eigenvalue weighted by atomic mass is 19.1. The van der Waals surface area contributed by atoms with Gasteiger partial charge in [0.05, 0.1) is 18.4 Å². The predicted octanol–water partition coefficient (Wildman–Crippen LogP) is 6.11. The minimum atomic E-state index is -0.537. The van der Waals surface area contributed by atoms with Gasteiger partial charge in [0, 0.05) is 37.9 Å². The molecule has 1 aliphatic carbocycles. The van der Waals surface area contributed by atoms with Crippen molar-refractivity contribution in [2.75, 3.05) is 31.5 Å². The Labute approximate surface area is 267 Å². The van der Waals surface area contributed by atoms with Gasteiger partial charge in [-0.05, 0) is 79.3 Å². The molecule has 2 aliphatic rings. The summed E-state index contributed by atoms with van der Waals surface area (Å²) in [4.78, 5) is 20.6. The summed E-state index contributed by atoms with van der Waals surface area (Å²) in [6.07, 6.45) is 8.11. The Morgan fingerprint density at radius 3 is 2.69 bits per heavy atom. The highest BCUT2D eigenvalue weighted by molar-refractivity contribution is 5.94. The van der Waals surface area contributed by atoms with Crippen LogP contribution in [-0.2, 0) is 24.2 Å². The summed E-state index contributed by atoms with van der Waals surface area (Å²) in [5.41, 5.74) is 2.83. The number of nitrogens with one attached hydrogen (secondary N) is 3. The average molecular weight is 621 g/mol. The van der Waals surface area contributed by atoms with E-state index in [0.717, 1.165) is 63.6 Å². The van der Waals surface area contributed by atoms with Crippen LogP contribution in [0.1, 0.15) is 76.1 Å². The standard InChI is InChI=1S/C36H50F2N6O/c1-5-9-32(41-29-13-12-26-16-28(37)17-31(38)30(26)18-29)35(45)42-34-22-44(24-40-34)33-21-43(19-25-10-7-6-8-11-25)20-27(33)14-15-39-23-36(2,3)4/h6-8,10-11,16-17,22,24,27,29,32-33,39,41H,5,9,12-15,18-21,23H2,1-4H3,(H,42,45)/t27-,29+,32?,33?/m1/s1. The van der Waals surface area contributed by atoms with E-state index in [1.54, 1.807) is 0 Å². The van der Waals surface area contributed by atoms with E-state index in [1.165, 1.54) is 11.6 Å². The van der Waals surface area contributed by atoms with Gasteiger partial charge in [-0.15, -0.1) is 0 Å². The largest absolute Gasteiger partial charge is 0.331 e. The van der Waals surface area contributed by atoms with E-state index in [4.69, 9.17) is 0 Å². The molecule has 0 spiro atoms. The van der Waals surface area contributed by atoms with Crippen LogP contribution in [0.15, 0.2) is 55.0 Å². The normalized spacial score (nSPS) is 21.1. The first kappa shape index (κ1) is 33.2. The van der Waals surface area contributed by atoms with Crippen molar-refractivity contribution in [3.63, 3.8) is 0 Å². The maximum absolute atomic E-state index is 14.5. The second-order valence-electron chi connectivity index (χ2n) is 14.2. The van der Waals surface area contributed by atoms with Crippen molar-refractivity contribution < 1.29 is 13.6 Å². The molecule has 5 rings (SSSR count). The number of halogens is 2. The van der Waals surface area contributed by atoms with Crippen molar-refractivity contribution in [3.8, 4) is 0 Å². The van der Waals surface area contributed by atoms with Gasteiger partial charge < -0.3 is 20.5 Å². The molecule has 1 fully saturated rings. The molecular weight excluding hydrogens is 570 g/mol. The summed E-state index contributed by atoms with van der Waals surface area (Å²) < 4.78 is 30.4. The molecule has 7 nitrogen and oxygen atoms in total. The van der Waals surface area contributed by atoms with E-state index in [-0.39, 0.29) is 23.4 Å². The third-order valence-electron chi connectivity index (χ3n) is 9.11. The van der Waals surface area contributed by atoms with Gasteiger partial charge in [0.1, 0.15) is 11.6 Å². The second kappa shape index (κ2) is 15.0. The van der Waals surface area contributed by atoms with Gasteiger partial charge in [-0.25, -0.2) is 13.8 Å². The average Bonchev–Trinajstić information content (AvgIpc) is 3.62. The van der Waals surface area contributed by atoms with Crippen molar-refractivity contribution in [2.45, 2.75) is 90.9 Å². The molecule has 1 amide bonds. The van der Waals surface area contributed by atoms with Crippen molar-refractivity contribution in [3.05, 3.63) is 83.3 Å². The number of hydrogen-bond donors (Lipinski definition) is 3. The van der Waals surface area contributed by atoms with E-state index >= 15 is 0 Å². The third-order valence-corrected chi connectivity index (χ3v) is 9.11. The lowest BCUT2D eigenvalue weighted by molar-refractivity contribution is -0.118. The molecule has 1 aromatic heterocycles. The topological polar surface area (TPSA) is 74.2 Å². The molecule has 244 valence electrons. The van der Waals surface area contributed by atoms with Crippen LogP contribution < -0.4 is 16.0 Å². The lowest BCUT2D eigenvalue weighted by atomic mass is 9.87. The fraction of sp³-hybridized carbons (Fsp3) is 0.556. The van der Waals surface area contributed by atoms with Crippen molar-refractivity contribution in [1.29, 1.82) is 0 Å². The van der Waals surface area contributed by atoms with Gasteiger partial charge in [0.25, 0.3) is 0 Å². The highest BCUT2D eigenvalue weighted by Crippen LogP contribution is 2.32. The first-order valence-corrected chi connectivity index (χ1v) is 16.6. The number of amides is 1. The number of likely N-dealkylation sites (tertiary alicyclic amines) is 1. The highest BCUT2D eigenvalue weighted by Gasteiger charge is 2.34. The van der Waals surface area contributed by atoms with E-state index < -0.39 is 17.7 Å². The van der Waals surface area contributed by atoms with E-state index in [2.05, 4.69) is 81.5 Å². The monoisotopic (exact) mass is 620 g/mol. The van der Waals surface area contributed by atoms with Gasteiger partial charge in [-0.1, -0.05) is 64.4 Å². The molecule has 0 bridgehead atoms. The summed E-state index contributed by atoms with van der Waals surface area (Å²) in [6, 6.07) is 12.8. The lowest BCUT2D eigenvalue weighted by Gasteiger charge is -2.29. The molecule has 3 aromatic rings. The Morgan fingerprint density at radius 2 is 1.93 bits per heavy atom. The zero-order chi connectivity index (χ0) is 32.0. The first-order chi connectivity index (χ1) is 21.6. The summed E-state index contributed by atoms with van der Waals surface area (Å²) in [5.74, 6) is -0.171. The minimum absolute atomic E-state index is 0.0564. The Kier molecular flexibility index (Phi) is 11.1. The predicted molar refractivity (Wildman–Crippen MR) is 176 cm³/mol. The Hall–Kier alpha value is -3.14. The third kappa shape index (κ3) is 9.21. The molecular formula is C36H50F2N6O. The first-order valence-electron chi connectivity index (χ1n) is 16.6. The summed E-state index contributed by atoms with van der Waals surface area (Å²) >= 11 is 0. The molecule has 2 aromatic carbocycles. The van der Waals surface area contributed by atoms with Crippen LogP contribution in [0.4, 0.5) is 14.6 Å². The fourth-order valence-electron chi connectivity index (χ4n) is 6.87. The zero-order valence-electron chi connectivity index (χ0n) is 27.3. The minimum Gasteiger partial charge on any atom is -0.331 e. The van der Waals surface area contributed by atoms with Gasteiger partial charge in [-0.2, -0.15) is 0 Å². The van der Waals surface area contributed by atoms with Crippen LogP contribution in [0.2, 0.25) is 0 Å². The molecule has 2 heterocycles. The van der Waals surface area contributed by atoms with Gasteiger partial charge >= 0.3 is 0 Å². The molecule has 3 N–H and O–H groups in total. The summed E-state index contributed by atoms with van der Waals surface area (Å²) in [7, 11) is 0. The molecule has 45 heavy (non-hydrogen) atoms. The van der Waals surface area contributed by atoms with Crippen LogP contribution in [-0.4, -0.2) is 58.6 Å². The quantitative estimate of drug-likeness (QED) is 0.201. The lowest BCUT2D eigenvalue weighted by Crippen LogP contribution is -2.48. The molecule has 0 saturated carbocycles. The van der Waals surface area contributed by atoms with E-state index in [0.29, 0.717) is 36.6 Å². The molecule has 1 saturated heterocycles. The van der Waals surface area contributed by atoms with Crippen molar-refractivity contribution in [2.24, 2.45) is 11.3 Å². The molecule has 9 heteroatoms. The number of imidazole rings is 1. The molecule has 4 atom stereocenters. The van der Waals surface area contributed by atoms with Crippen molar-refractivity contribution in [1.82, 2.24) is 25.1 Å². The molecule has 1 aliphatic heterocycles. The zero-order valence-corrected chi connectivity index (χ0v) is 27.3. The number of aryl methyl sites for hydroxylation is 1.